The van der Waals surface area contributed by atoms with Gasteiger partial charge in [-0.3, -0.25) is 4.79 Å². The van der Waals surface area contributed by atoms with Crippen LogP contribution >= 0.6 is 0 Å². The van der Waals surface area contributed by atoms with Crippen molar-refractivity contribution in [3.8, 4) is 0 Å². The van der Waals surface area contributed by atoms with E-state index in [2.05, 4.69) is 27.4 Å². The van der Waals surface area contributed by atoms with Gasteiger partial charge in [-0.15, -0.1) is 0 Å². The summed E-state index contributed by atoms with van der Waals surface area (Å²) in [4.78, 5) is 13.1. The van der Waals surface area contributed by atoms with Crippen LogP contribution in [0.1, 0.15) is 119 Å². The Labute approximate surface area is 194 Å². The molecule has 2 rings (SSSR count). The van der Waals surface area contributed by atoms with Gasteiger partial charge in [0.2, 0.25) is 0 Å². The summed E-state index contributed by atoms with van der Waals surface area (Å²) in [7, 11) is 1.79. The van der Waals surface area contributed by atoms with Crippen molar-refractivity contribution < 1.29 is 14.3 Å². The van der Waals surface area contributed by atoms with E-state index in [1.165, 1.54) is 18.4 Å². The van der Waals surface area contributed by atoms with Crippen LogP contribution in [0.15, 0.2) is 12.2 Å². The first-order valence-electron chi connectivity index (χ1n) is 13.1. The summed E-state index contributed by atoms with van der Waals surface area (Å²) in [6.45, 7) is 20.9. The van der Waals surface area contributed by atoms with Gasteiger partial charge in [-0.05, 0) is 56.8 Å². The van der Waals surface area contributed by atoms with E-state index in [0.29, 0.717) is 18.1 Å². The van der Waals surface area contributed by atoms with Gasteiger partial charge in [0.1, 0.15) is 5.78 Å². The number of rotatable bonds is 9. The average molecular weight is 439 g/mol. The Hall–Kier alpha value is -0.670. The molecule has 3 atom stereocenters. The van der Waals surface area contributed by atoms with Gasteiger partial charge in [0.05, 0.1) is 12.7 Å². The largest absolute Gasteiger partial charge is 0.381 e. The van der Waals surface area contributed by atoms with Crippen LogP contribution in [0.2, 0.25) is 0 Å². The minimum Gasteiger partial charge on any atom is -0.381 e. The Bertz CT molecular complexity index is 490. The molecular formula is C28H54O3. The Morgan fingerprint density at radius 1 is 1.06 bits per heavy atom. The van der Waals surface area contributed by atoms with Crippen molar-refractivity contribution in [3.05, 3.63) is 12.2 Å². The summed E-state index contributed by atoms with van der Waals surface area (Å²) in [6, 6.07) is 0. The third-order valence-corrected chi connectivity index (χ3v) is 7.08. The highest BCUT2D eigenvalue weighted by atomic mass is 16.5. The van der Waals surface area contributed by atoms with Crippen molar-refractivity contribution in [2.45, 2.75) is 125 Å². The molecule has 0 bridgehead atoms. The molecule has 3 heteroatoms. The molecule has 1 saturated carbocycles. The first-order valence-corrected chi connectivity index (χ1v) is 13.1. The number of ketones is 1. The van der Waals surface area contributed by atoms with E-state index >= 15 is 0 Å². The molecule has 31 heavy (non-hydrogen) atoms. The second kappa shape index (κ2) is 16.0. The highest BCUT2D eigenvalue weighted by Crippen LogP contribution is 2.40. The molecular weight excluding hydrogens is 384 g/mol. The van der Waals surface area contributed by atoms with Crippen LogP contribution in [0, 0.1) is 16.7 Å². The van der Waals surface area contributed by atoms with Crippen LogP contribution in [0.3, 0.4) is 0 Å². The first-order chi connectivity index (χ1) is 14.8. The zero-order valence-corrected chi connectivity index (χ0v) is 22.3. The number of hydrogen-bond acceptors (Lipinski definition) is 3. The van der Waals surface area contributed by atoms with Crippen LogP contribution in [0.4, 0.5) is 0 Å². The van der Waals surface area contributed by atoms with Crippen molar-refractivity contribution in [2.75, 3.05) is 20.3 Å². The fraction of sp³-hybridized carbons (Fsp3) is 0.893. The molecule has 0 radical (unpaired) electrons. The number of ether oxygens (including phenoxy) is 2. The first kappa shape index (κ1) is 30.3. The van der Waals surface area contributed by atoms with E-state index in [4.69, 9.17) is 9.47 Å². The topological polar surface area (TPSA) is 35.5 Å². The maximum Gasteiger partial charge on any atom is 0.138 e. The number of methoxy groups -OCH3 is 1. The molecule has 0 aromatic heterocycles. The summed E-state index contributed by atoms with van der Waals surface area (Å²) < 4.78 is 11.2. The van der Waals surface area contributed by atoms with Crippen LogP contribution in [0.25, 0.3) is 0 Å². The minimum absolute atomic E-state index is 0.176. The normalized spacial score (nSPS) is 26.5. The van der Waals surface area contributed by atoms with E-state index in [1.807, 2.05) is 27.7 Å². The minimum atomic E-state index is -0.198. The zero-order valence-electron chi connectivity index (χ0n) is 22.3. The van der Waals surface area contributed by atoms with Crippen molar-refractivity contribution in [1.29, 1.82) is 0 Å². The fourth-order valence-corrected chi connectivity index (χ4v) is 4.69. The summed E-state index contributed by atoms with van der Waals surface area (Å²) >= 11 is 0. The maximum absolute atomic E-state index is 13.1. The highest BCUT2D eigenvalue weighted by molar-refractivity contribution is 5.84. The highest BCUT2D eigenvalue weighted by Gasteiger charge is 2.37. The number of hydrogen-bond donors (Lipinski definition) is 0. The standard InChI is InChI=1S/C24H42O3.2C2H6/c1-19(20-9-8-16-27-18-20)11-14-23(2,3)15-12-22(25)24(4)13-7-6-10-21(17-24)26-5;2*1-2/h20-21H,1,6-18H2,2-5H3;2*1-2H3. The number of carbonyl (C=O) groups is 1. The lowest BCUT2D eigenvalue weighted by Crippen LogP contribution is -2.32. The molecule has 3 unspecified atom stereocenters. The SMILES string of the molecule is C=C(CCC(C)(C)CCC(=O)C1(C)CCCCC(OC)C1)C1CCCOC1.CC.CC. The lowest BCUT2D eigenvalue weighted by molar-refractivity contribution is -0.130. The molecule has 1 aliphatic heterocycles. The molecule has 1 aliphatic carbocycles. The third-order valence-electron chi connectivity index (χ3n) is 7.08. The van der Waals surface area contributed by atoms with Crippen molar-refractivity contribution >= 4 is 5.78 Å². The monoisotopic (exact) mass is 438 g/mol. The molecule has 0 N–H and O–H groups in total. The van der Waals surface area contributed by atoms with Gasteiger partial charge in [-0.2, -0.15) is 0 Å². The van der Waals surface area contributed by atoms with Crippen molar-refractivity contribution in [3.63, 3.8) is 0 Å². The molecule has 0 spiro atoms. The molecule has 3 nitrogen and oxygen atoms in total. The van der Waals surface area contributed by atoms with Crippen LogP contribution in [-0.2, 0) is 14.3 Å². The molecule has 0 amide bonds. The van der Waals surface area contributed by atoms with Gasteiger partial charge in [0.15, 0.2) is 0 Å². The average Bonchev–Trinajstić information content (AvgIpc) is 3.01. The van der Waals surface area contributed by atoms with E-state index in [9.17, 15) is 4.79 Å². The van der Waals surface area contributed by atoms with Gasteiger partial charge < -0.3 is 9.47 Å². The van der Waals surface area contributed by atoms with Crippen LogP contribution in [0.5, 0.6) is 0 Å². The lowest BCUT2D eigenvalue weighted by Gasteiger charge is -2.32. The molecule has 184 valence electrons. The molecule has 2 fully saturated rings. The zero-order chi connectivity index (χ0) is 23.9. The van der Waals surface area contributed by atoms with Crippen LogP contribution in [-0.4, -0.2) is 32.2 Å². The van der Waals surface area contributed by atoms with Gasteiger partial charge in [-0.25, -0.2) is 0 Å². The van der Waals surface area contributed by atoms with Gasteiger partial charge >= 0.3 is 0 Å². The Morgan fingerprint density at radius 3 is 2.29 bits per heavy atom. The molecule has 1 saturated heterocycles. The van der Waals surface area contributed by atoms with Crippen molar-refractivity contribution in [1.82, 2.24) is 0 Å². The van der Waals surface area contributed by atoms with Crippen molar-refractivity contribution in [2.24, 2.45) is 16.7 Å². The predicted molar refractivity (Wildman–Crippen MR) is 135 cm³/mol. The smallest absolute Gasteiger partial charge is 0.138 e. The lowest BCUT2D eigenvalue weighted by atomic mass is 9.73. The second-order valence-electron chi connectivity index (χ2n) is 10.0. The molecule has 2 aliphatic rings. The summed E-state index contributed by atoms with van der Waals surface area (Å²) in [5, 5.41) is 0. The predicted octanol–water partition coefficient (Wildman–Crippen LogP) is 8.16. The number of Topliss-reactive ketones (excluding diaryl/α,β-unsaturated/α-hetero) is 1. The number of carbonyl (C=O) groups excluding carboxylic acids is 1. The van der Waals surface area contributed by atoms with Gasteiger partial charge in [0, 0.05) is 31.5 Å². The maximum atomic E-state index is 13.1. The quantitative estimate of drug-likeness (QED) is 0.269. The van der Waals surface area contributed by atoms with E-state index in [1.54, 1.807) is 7.11 Å². The van der Waals surface area contributed by atoms with E-state index in [0.717, 1.165) is 64.6 Å². The van der Waals surface area contributed by atoms with E-state index < -0.39 is 0 Å². The Morgan fingerprint density at radius 2 is 1.71 bits per heavy atom. The second-order valence-corrected chi connectivity index (χ2v) is 10.0. The third kappa shape index (κ3) is 11.1. The van der Waals surface area contributed by atoms with Gasteiger partial charge in [0.25, 0.3) is 0 Å². The molecule has 0 aromatic carbocycles. The fourth-order valence-electron chi connectivity index (χ4n) is 4.69. The van der Waals surface area contributed by atoms with Crippen LogP contribution < -0.4 is 0 Å². The van der Waals surface area contributed by atoms with E-state index in [-0.39, 0.29) is 16.9 Å². The molecule has 0 aromatic rings. The summed E-state index contributed by atoms with van der Waals surface area (Å²) in [5.41, 5.74) is 1.32. The Balaban J connectivity index is 0.00000212. The summed E-state index contributed by atoms with van der Waals surface area (Å²) in [5.74, 6) is 0.978. The molecule has 1 heterocycles. The van der Waals surface area contributed by atoms with Gasteiger partial charge in [-0.1, -0.05) is 73.5 Å². The summed E-state index contributed by atoms with van der Waals surface area (Å²) in [6.07, 6.45) is 11.8. The Kier molecular flexibility index (Phi) is 15.7.